The minimum Gasteiger partial charge on any atom is -0.251 e. The normalized spacial score (nSPS) is 23.6. The SMILES string of the molecule is CSN1CC[CH]CC1. The summed E-state index contributed by atoms with van der Waals surface area (Å²) in [4.78, 5) is 0. The van der Waals surface area contributed by atoms with Crippen LogP contribution < -0.4 is 0 Å². The predicted octanol–water partition coefficient (Wildman–Crippen LogP) is 1.56. The van der Waals surface area contributed by atoms with E-state index in [-0.39, 0.29) is 0 Å². The van der Waals surface area contributed by atoms with Gasteiger partial charge in [0.05, 0.1) is 0 Å². The highest BCUT2D eigenvalue weighted by atomic mass is 32.2. The van der Waals surface area contributed by atoms with Crippen LogP contribution in [0.2, 0.25) is 0 Å². The number of rotatable bonds is 1. The zero-order valence-electron chi connectivity index (χ0n) is 5.26. The summed E-state index contributed by atoms with van der Waals surface area (Å²) in [5.74, 6) is 0. The molecule has 8 heavy (non-hydrogen) atoms. The van der Waals surface area contributed by atoms with Crippen molar-refractivity contribution in [3.05, 3.63) is 6.42 Å². The van der Waals surface area contributed by atoms with Crippen molar-refractivity contribution in [3.63, 3.8) is 0 Å². The van der Waals surface area contributed by atoms with Gasteiger partial charge in [-0.1, -0.05) is 11.9 Å². The molecule has 1 aliphatic heterocycles. The summed E-state index contributed by atoms with van der Waals surface area (Å²) in [6.07, 6.45) is 7.07. The zero-order chi connectivity index (χ0) is 5.82. The average Bonchev–Trinajstić information content (AvgIpc) is 1.90. The lowest BCUT2D eigenvalue weighted by Gasteiger charge is -2.22. The molecular formula is C6H12NS. The predicted molar refractivity (Wildman–Crippen MR) is 38.6 cm³/mol. The summed E-state index contributed by atoms with van der Waals surface area (Å²) >= 11 is 1.86. The molecule has 1 radical (unpaired) electrons. The molecule has 0 saturated carbocycles. The van der Waals surface area contributed by atoms with Crippen LogP contribution in [0.25, 0.3) is 0 Å². The Bertz CT molecular complexity index is 59.5. The van der Waals surface area contributed by atoms with Gasteiger partial charge in [0.25, 0.3) is 0 Å². The molecule has 0 bridgehead atoms. The largest absolute Gasteiger partial charge is 0.251 e. The fraction of sp³-hybridized carbons (Fsp3) is 0.833. The van der Waals surface area contributed by atoms with Crippen LogP contribution in [0.5, 0.6) is 0 Å². The van der Waals surface area contributed by atoms with Gasteiger partial charge in [0, 0.05) is 13.1 Å². The molecule has 1 aliphatic rings. The first kappa shape index (κ1) is 6.43. The van der Waals surface area contributed by atoms with Gasteiger partial charge in [-0.25, -0.2) is 0 Å². The number of hydrogen-bond acceptors (Lipinski definition) is 2. The van der Waals surface area contributed by atoms with Crippen LogP contribution in [0, 0.1) is 6.42 Å². The summed E-state index contributed by atoms with van der Waals surface area (Å²) in [5, 5.41) is 0. The van der Waals surface area contributed by atoms with E-state index < -0.39 is 0 Å². The van der Waals surface area contributed by atoms with Gasteiger partial charge in [0.15, 0.2) is 0 Å². The van der Waals surface area contributed by atoms with Crippen LogP contribution in [0.3, 0.4) is 0 Å². The second kappa shape index (κ2) is 3.36. The Morgan fingerprint density at radius 2 is 2.00 bits per heavy atom. The lowest BCUT2D eigenvalue weighted by atomic mass is 10.2. The van der Waals surface area contributed by atoms with Gasteiger partial charge in [0.2, 0.25) is 0 Å². The van der Waals surface area contributed by atoms with Crippen molar-refractivity contribution in [2.24, 2.45) is 0 Å². The van der Waals surface area contributed by atoms with Crippen LogP contribution >= 0.6 is 11.9 Å². The van der Waals surface area contributed by atoms with Crippen molar-refractivity contribution in [1.82, 2.24) is 4.31 Å². The van der Waals surface area contributed by atoms with E-state index in [2.05, 4.69) is 17.0 Å². The highest BCUT2D eigenvalue weighted by Gasteiger charge is 2.06. The van der Waals surface area contributed by atoms with Gasteiger partial charge in [-0.05, 0) is 25.5 Å². The summed E-state index contributed by atoms with van der Waals surface area (Å²) < 4.78 is 2.40. The molecule has 0 aromatic carbocycles. The molecule has 1 nitrogen and oxygen atoms in total. The summed E-state index contributed by atoms with van der Waals surface area (Å²) in [5.41, 5.74) is 0. The second-order valence-electron chi connectivity index (χ2n) is 1.98. The molecular weight excluding hydrogens is 118 g/mol. The quantitative estimate of drug-likeness (QED) is 0.496. The van der Waals surface area contributed by atoms with E-state index in [0.29, 0.717) is 0 Å². The first-order valence-electron chi connectivity index (χ1n) is 3.04. The van der Waals surface area contributed by atoms with Crippen molar-refractivity contribution in [2.75, 3.05) is 19.3 Å². The Balaban J connectivity index is 2.13. The highest BCUT2D eigenvalue weighted by molar-refractivity contribution is 7.96. The van der Waals surface area contributed by atoms with Crippen LogP contribution in [0.1, 0.15) is 12.8 Å². The van der Waals surface area contributed by atoms with Gasteiger partial charge in [0.1, 0.15) is 0 Å². The van der Waals surface area contributed by atoms with E-state index in [1.54, 1.807) is 0 Å². The van der Waals surface area contributed by atoms with Gasteiger partial charge in [-0.3, -0.25) is 4.31 Å². The Morgan fingerprint density at radius 3 is 2.38 bits per heavy atom. The van der Waals surface area contributed by atoms with E-state index in [0.717, 1.165) is 0 Å². The summed E-state index contributed by atoms with van der Waals surface area (Å²) in [7, 11) is 0. The zero-order valence-corrected chi connectivity index (χ0v) is 6.08. The first-order chi connectivity index (χ1) is 3.93. The molecule has 1 saturated heterocycles. The Morgan fingerprint density at radius 1 is 1.38 bits per heavy atom. The third-order valence-corrected chi connectivity index (χ3v) is 2.30. The van der Waals surface area contributed by atoms with Crippen LogP contribution in [-0.2, 0) is 0 Å². The molecule has 47 valence electrons. The number of piperidine rings is 1. The molecule has 1 fully saturated rings. The van der Waals surface area contributed by atoms with E-state index in [1.165, 1.54) is 25.9 Å². The van der Waals surface area contributed by atoms with Gasteiger partial charge < -0.3 is 0 Å². The first-order valence-corrected chi connectivity index (χ1v) is 4.22. The van der Waals surface area contributed by atoms with E-state index in [4.69, 9.17) is 0 Å². The lowest BCUT2D eigenvalue weighted by molar-refractivity contribution is 0.432. The topological polar surface area (TPSA) is 3.24 Å². The fourth-order valence-electron chi connectivity index (χ4n) is 0.909. The van der Waals surface area contributed by atoms with Crippen molar-refractivity contribution < 1.29 is 0 Å². The summed E-state index contributed by atoms with van der Waals surface area (Å²) in [6, 6.07) is 0. The van der Waals surface area contributed by atoms with Crippen LogP contribution in [0.4, 0.5) is 0 Å². The monoisotopic (exact) mass is 130 g/mol. The van der Waals surface area contributed by atoms with Crippen molar-refractivity contribution in [2.45, 2.75) is 12.8 Å². The molecule has 0 amide bonds. The molecule has 2 heteroatoms. The average molecular weight is 130 g/mol. The summed E-state index contributed by atoms with van der Waals surface area (Å²) in [6.45, 7) is 2.50. The molecule has 0 spiro atoms. The van der Waals surface area contributed by atoms with E-state index in [1.807, 2.05) is 11.9 Å². The molecule has 1 heterocycles. The maximum absolute atomic E-state index is 2.40. The minimum absolute atomic E-state index is 1.25. The second-order valence-corrected chi connectivity index (χ2v) is 2.86. The number of hydrogen-bond donors (Lipinski definition) is 0. The Labute approximate surface area is 55.6 Å². The smallest absolute Gasteiger partial charge is 0.00919 e. The highest BCUT2D eigenvalue weighted by Crippen LogP contribution is 2.13. The fourth-order valence-corrected chi connectivity index (χ4v) is 1.49. The molecule has 1 rings (SSSR count). The Kier molecular flexibility index (Phi) is 2.70. The van der Waals surface area contributed by atoms with Gasteiger partial charge >= 0.3 is 0 Å². The number of nitrogens with zero attached hydrogens (tertiary/aromatic N) is 1. The van der Waals surface area contributed by atoms with Gasteiger partial charge in [-0.2, -0.15) is 0 Å². The maximum atomic E-state index is 2.40. The van der Waals surface area contributed by atoms with Crippen molar-refractivity contribution >= 4 is 11.9 Å². The van der Waals surface area contributed by atoms with Crippen molar-refractivity contribution in [1.29, 1.82) is 0 Å². The van der Waals surface area contributed by atoms with E-state index >= 15 is 0 Å². The third kappa shape index (κ3) is 1.67. The minimum atomic E-state index is 1.25. The van der Waals surface area contributed by atoms with Crippen LogP contribution in [0.15, 0.2) is 0 Å². The van der Waals surface area contributed by atoms with Crippen molar-refractivity contribution in [3.8, 4) is 0 Å². The molecule has 0 unspecified atom stereocenters. The third-order valence-electron chi connectivity index (χ3n) is 1.42. The molecule has 0 N–H and O–H groups in total. The van der Waals surface area contributed by atoms with Crippen LogP contribution in [-0.4, -0.2) is 23.7 Å². The molecule has 0 aromatic rings. The standard InChI is InChI=1S/C6H12NS/c1-8-7-5-3-2-4-6-7/h2H,3-6H2,1H3. The molecule has 0 aliphatic carbocycles. The van der Waals surface area contributed by atoms with E-state index in [9.17, 15) is 0 Å². The molecule has 0 aromatic heterocycles. The molecule has 0 atom stereocenters. The Hall–Kier alpha value is 0.310. The van der Waals surface area contributed by atoms with Gasteiger partial charge in [-0.15, -0.1) is 0 Å². The lowest BCUT2D eigenvalue weighted by Crippen LogP contribution is -2.22. The maximum Gasteiger partial charge on any atom is 0.00919 e.